The standard InChI is InChI=1S/C15H10ClFN2O3/c1-22-13-7-9(3-5-11(13)17)19-12-6-8(16)2-4-10(12)14(20)18-15(19)21/h2-7H,1H3,(H,18,20,21). The van der Waals surface area contributed by atoms with Crippen LogP contribution in [0.15, 0.2) is 46.0 Å². The quantitative estimate of drug-likeness (QED) is 0.789. The van der Waals surface area contributed by atoms with Crippen LogP contribution in [0.5, 0.6) is 5.75 Å². The first-order chi connectivity index (χ1) is 10.5. The van der Waals surface area contributed by atoms with E-state index < -0.39 is 17.1 Å². The lowest BCUT2D eigenvalue weighted by atomic mass is 10.2. The molecule has 2 aromatic carbocycles. The van der Waals surface area contributed by atoms with Crippen LogP contribution in [0.3, 0.4) is 0 Å². The molecule has 1 N–H and O–H groups in total. The molecule has 0 unspecified atom stereocenters. The number of rotatable bonds is 2. The summed E-state index contributed by atoms with van der Waals surface area (Å²) in [6.07, 6.45) is 0. The molecule has 0 spiro atoms. The maximum absolute atomic E-state index is 13.5. The predicted molar refractivity (Wildman–Crippen MR) is 81.7 cm³/mol. The molecule has 0 atom stereocenters. The Morgan fingerprint density at radius 3 is 2.68 bits per heavy atom. The summed E-state index contributed by atoms with van der Waals surface area (Å²) in [5.41, 5.74) is -0.475. The van der Waals surface area contributed by atoms with E-state index in [1.165, 1.54) is 42.0 Å². The second kappa shape index (κ2) is 5.31. The van der Waals surface area contributed by atoms with Crippen LogP contribution in [-0.2, 0) is 0 Å². The molecule has 0 fully saturated rings. The zero-order valence-electron chi connectivity index (χ0n) is 11.4. The molecule has 0 radical (unpaired) electrons. The minimum absolute atomic E-state index is 0.00854. The Kier molecular flexibility index (Phi) is 3.46. The van der Waals surface area contributed by atoms with E-state index in [-0.39, 0.29) is 5.75 Å². The van der Waals surface area contributed by atoms with Crippen molar-refractivity contribution in [1.29, 1.82) is 0 Å². The molecule has 3 rings (SSSR count). The van der Waals surface area contributed by atoms with Crippen LogP contribution in [0, 0.1) is 5.82 Å². The summed E-state index contributed by atoms with van der Waals surface area (Å²) < 4.78 is 19.7. The Hall–Kier alpha value is -2.60. The molecule has 1 aromatic heterocycles. The van der Waals surface area contributed by atoms with E-state index >= 15 is 0 Å². The number of hydrogen-bond donors (Lipinski definition) is 1. The number of hydrogen-bond acceptors (Lipinski definition) is 3. The molecule has 22 heavy (non-hydrogen) atoms. The monoisotopic (exact) mass is 320 g/mol. The third-order valence-electron chi connectivity index (χ3n) is 3.26. The minimum Gasteiger partial charge on any atom is -0.494 e. The Bertz CT molecular complexity index is 994. The largest absolute Gasteiger partial charge is 0.494 e. The van der Waals surface area contributed by atoms with Crippen LogP contribution in [0.1, 0.15) is 0 Å². The summed E-state index contributed by atoms with van der Waals surface area (Å²) in [5.74, 6) is -0.558. The van der Waals surface area contributed by atoms with Crippen molar-refractivity contribution in [3.05, 3.63) is 68.1 Å². The SMILES string of the molecule is COc1cc(-n2c(=O)[nH]c(=O)c3ccc(Cl)cc32)ccc1F. The van der Waals surface area contributed by atoms with Crippen molar-refractivity contribution >= 4 is 22.5 Å². The lowest BCUT2D eigenvalue weighted by Crippen LogP contribution is -2.29. The van der Waals surface area contributed by atoms with Gasteiger partial charge < -0.3 is 4.74 Å². The van der Waals surface area contributed by atoms with E-state index in [0.717, 1.165) is 0 Å². The van der Waals surface area contributed by atoms with E-state index in [9.17, 15) is 14.0 Å². The van der Waals surface area contributed by atoms with Crippen LogP contribution < -0.4 is 16.0 Å². The van der Waals surface area contributed by atoms with Gasteiger partial charge in [0.1, 0.15) is 0 Å². The minimum atomic E-state index is -0.645. The molecular weight excluding hydrogens is 311 g/mol. The third kappa shape index (κ3) is 2.27. The molecule has 0 amide bonds. The van der Waals surface area contributed by atoms with Crippen molar-refractivity contribution in [3.8, 4) is 11.4 Å². The van der Waals surface area contributed by atoms with E-state index in [4.69, 9.17) is 16.3 Å². The number of nitrogens with zero attached hydrogens (tertiary/aromatic N) is 1. The van der Waals surface area contributed by atoms with Gasteiger partial charge in [-0.05, 0) is 30.3 Å². The van der Waals surface area contributed by atoms with Gasteiger partial charge in [-0.1, -0.05) is 11.6 Å². The highest BCUT2D eigenvalue weighted by Gasteiger charge is 2.12. The zero-order valence-corrected chi connectivity index (χ0v) is 12.1. The van der Waals surface area contributed by atoms with Crippen molar-refractivity contribution in [3.63, 3.8) is 0 Å². The highest BCUT2D eigenvalue weighted by atomic mass is 35.5. The normalized spacial score (nSPS) is 10.9. The molecule has 1 heterocycles. The van der Waals surface area contributed by atoms with Gasteiger partial charge in [-0.25, -0.2) is 9.18 Å². The lowest BCUT2D eigenvalue weighted by Gasteiger charge is -2.11. The number of nitrogens with one attached hydrogen (secondary N) is 1. The van der Waals surface area contributed by atoms with Gasteiger partial charge in [-0.15, -0.1) is 0 Å². The smallest absolute Gasteiger partial charge is 0.333 e. The molecule has 0 bridgehead atoms. The van der Waals surface area contributed by atoms with Gasteiger partial charge in [0.2, 0.25) is 0 Å². The van der Waals surface area contributed by atoms with Crippen LogP contribution >= 0.6 is 11.6 Å². The number of methoxy groups -OCH3 is 1. The molecule has 0 saturated heterocycles. The van der Waals surface area contributed by atoms with Crippen molar-refractivity contribution < 1.29 is 9.13 Å². The van der Waals surface area contributed by atoms with Gasteiger partial charge in [-0.3, -0.25) is 14.3 Å². The van der Waals surface area contributed by atoms with Gasteiger partial charge in [-0.2, -0.15) is 0 Å². The summed E-state index contributed by atoms with van der Waals surface area (Å²) in [4.78, 5) is 26.3. The van der Waals surface area contributed by atoms with Crippen molar-refractivity contribution in [2.24, 2.45) is 0 Å². The summed E-state index contributed by atoms with van der Waals surface area (Å²) >= 11 is 5.95. The number of aromatic amines is 1. The van der Waals surface area contributed by atoms with E-state index in [0.29, 0.717) is 21.6 Å². The van der Waals surface area contributed by atoms with Gasteiger partial charge in [0, 0.05) is 11.1 Å². The summed E-state index contributed by atoms with van der Waals surface area (Å²) in [7, 11) is 1.33. The number of fused-ring (bicyclic) bond motifs is 1. The van der Waals surface area contributed by atoms with Crippen LogP contribution in [0.25, 0.3) is 16.6 Å². The molecule has 0 aliphatic rings. The average molecular weight is 321 g/mol. The Morgan fingerprint density at radius 1 is 1.18 bits per heavy atom. The molecule has 0 aliphatic heterocycles. The summed E-state index contributed by atoms with van der Waals surface area (Å²) in [6, 6.07) is 8.55. The van der Waals surface area contributed by atoms with E-state index in [2.05, 4.69) is 4.98 Å². The Labute approximate surface area is 128 Å². The van der Waals surface area contributed by atoms with Crippen molar-refractivity contribution in [1.82, 2.24) is 9.55 Å². The molecule has 5 nitrogen and oxygen atoms in total. The number of H-pyrrole nitrogens is 1. The molecule has 0 aliphatic carbocycles. The molecular formula is C15H10ClFN2O3. The number of ether oxygens (including phenoxy) is 1. The fourth-order valence-corrected chi connectivity index (χ4v) is 2.42. The fourth-order valence-electron chi connectivity index (χ4n) is 2.26. The van der Waals surface area contributed by atoms with Crippen molar-refractivity contribution in [2.75, 3.05) is 7.11 Å². The number of aromatic nitrogens is 2. The van der Waals surface area contributed by atoms with E-state index in [1.54, 1.807) is 6.07 Å². The molecule has 112 valence electrons. The number of halogens is 2. The van der Waals surface area contributed by atoms with Gasteiger partial charge in [0.05, 0.1) is 23.7 Å². The fraction of sp³-hybridized carbons (Fsp3) is 0.0667. The van der Waals surface area contributed by atoms with Gasteiger partial charge in [0.15, 0.2) is 11.6 Å². The van der Waals surface area contributed by atoms with E-state index in [1.807, 2.05) is 0 Å². The predicted octanol–water partition coefficient (Wildman–Crippen LogP) is 2.48. The Balaban J connectivity index is 2.43. The second-order valence-corrected chi connectivity index (χ2v) is 5.01. The first-order valence-electron chi connectivity index (χ1n) is 6.30. The highest BCUT2D eigenvalue weighted by Crippen LogP contribution is 2.23. The van der Waals surface area contributed by atoms with Crippen LogP contribution in [-0.4, -0.2) is 16.7 Å². The van der Waals surface area contributed by atoms with Gasteiger partial charge in [0.25, 0.3) is 5.56 Å². The highest BCUT2D eigenvalue weighted by molar-refractivity contribution is 6.31. The first-order valence-corrected chi connectivity index (χ1v) is 6.67. The Morgan fingerprint density at radius 2 is 1.95 bits per heavy atom. The molecule has 7 heteroatoms. The first kappa shape index (κ1) is 14.3. The topological polar surface area (TPSA) is 64.1 Å². The zero-order chi connectivity index (χ0) is 15.9. The summed E-state index contributed by atoms with van der Waals surface area (Å²) in [5, 5.41) is 0.674. The molecule has 0 saturated carbocycles. The average Bonchev–Trinajstić information content (AvgIpc) is 2.48. The molecule has 3 aromatic rings. The third-order valence-corrected chi connectivity index (χ3v) is 3.50. The summed E-state index contributed by atoms with van der Waals surface area (Å²) in [6.45, 7) is 0. The van der Waals surface area contributed by atoms with Crippen molar-refractivity contribution in [2.45, 2.75) is 0 Å². The maximum Gasteiger partial charge on any atom is 0.333 e. The van der Waals surface area contributed by atoms with Crippen LogP contribution in [0.2, 0.25) is 5.02 Å². The maximum atomic E-state index is 13.5. The van der Waals surface area contributed by atoms with Crippen LogP contribution in [0.4, 0.5) is 4.39 Å². The number of benzene rings is 2. The lowest BCUT2D eigenvalue weighted by molar-refractivity contribution is 0.386. The second-order valence-electron chi connectivity index (χ2n) is 4.58. The van der Waals surface area contributed by atoms with Gasteiger partial charge >= 0.3 is 5.69 Å².